The predicted octanol–water partition coefficient (Wildman–Crippen LogP) is 3.13. The summed E-state index contributed by atoms with van der Waals surface area (Å²) in [6.07, 6.45) is 3.02. The first-order chi connectivity index (χ1) is 11.4. The number of rotatable bonds is 2. The molecule has 0 amide bonds. The Bertz CT molecular complexity index is 1030. The highest BCUT2D eigenvalue weighted by molar-refractivity contribution is 7.88. The fourth-order valence-corrected chi connectivity index (χ4v) is 4.20. The molecule has 5 nitrogen and oxygen atoms in total. The Balaban J connectivity index is 1.97. The Morgan fingerprint density at radius 3 is 2.58 bits per heavy atom. The van der Waals surface area contributed by atoms with Crippen LogP contribution in [0.5, 0.6) is 0 Å². The number of hydrogen-bond acceptors (Lipinski definition) is 3. The molecule has 0 N–H and O–H groups in total. The Morgan fingerprint density at radius 2 is 1.88 bits per heavy atom. The summed E-state index contributed by atoms with van der Waals surface area (Å²) in [6.45, 7) is 1.45. The Hall–Kier alpha value is -1.89. The molecule has 0 spiro atoms. The number of nitrogens with zero attached hydrogens (tertiary/aromatic N) is 3. The van der Waals surface area contributed by atoms with Crippen molar-refractivity contribution in [1.82, 2.24) is 13.9 Å². The minimum atomic E-state index is -3.23. The summed E-state index contributed by atoms with van der Waals surface area (Å²) in [5.41, 5.74) is 4.88. The molecule has 0 unspecified atom stereocenters. The van der Waals surface area contributed by atoms with Gasteiger partial charge < -0.3 is 4.57 Å². The lowest BCUT2D eigenvalue weighted by molar-refractivity contribution is 0.348. The van der Waals surface area contributed by atoms with Crippen LogP contribution in [0.4, 0.5) is 0 Å². The van der Waals surface area contributed by atoms with Crippen LogP contribution in [0, 0.1) is 0 Å². The molecule has 3 aromatic rings. The van der Waals surface area contributed by atoms with Gasteiger partial charge in [-0.25, -0.2) is 8.42 Å². The van der Waals surface area contributed by atoms with Gasteiger partial charge in [0.25, 0.3) is 0 Å². The lowest BCUT2D eigenvalue weighted by Crippen LogP contribution is -2.37. The van der Waals surface area contributed by atoms with Crippen LogP contribution in [-0.2, 0) is 23.1 Å². The third-order valence-corrected chi connectivity index (χ3v) is 5.93. The number of benzene rings is 1. The van der Waals surface area contributed by atoms with E-state index < -0.39 is 10.0 Å². The van der Waals surface area contributed by atoms with Crippen molar-refractivity contribution in [3.8, 4) is 11.1 Å². The number of hydrogen-bond donors (Lipinski definition) is 0. The predicted molar refractivity (Wildman–Crippen MR) is 95.4 cm³/mol. The number of halogens is 1. The lowest BCUT2D eigenvalue weighted by Gasteiger charge is -2.27. The van der Waals surface area contributed by atoms with E-state index in [4.69, 9.17) is 11.6 Å². The maximum absolute atomic E-state index is 12.0. The van der Waals surface area contributed by atoms with Crippen molar-refractivity contribution >= 4 is 32.7 Å². The van der Waals surface area contributed by atoms with Crippen LogP contribution in [-0.4, -0.2) is 35.1 Å². The normalized spacial score (nSPS) is 15.6. The smallest absolute Gasteiger partial charge is 0.211 e. The number of aromatic nitrogens is 2. The van der Waals surface area contributed by atoms with Gasteiger partial charge in [0.2, 0.25) is 10.0 Å². The molecule has 0 bridgehead atoms. The first-order valence-electron chi connectivity index (χ1n) is 7.62. The molecule has 4 rings (SSSR count). The number of pyridine rings is 1. The zero-order valence-corrected chi connectivity index (χ0v) is 14.7. The molecule has 1 aliphatic heterocycles. The Labute approximate surface area is 145 Å². The Morgan fingerprint density at radius 1 is 1.12 bits per heavy atom. The van der Waals surface area contributed by atoms with Crippen LogP contribution in [0.3, 0.4) is 0 Å². The van der Waals surface area contributed by atoms with Crippen molar-refractivity contribution in [3.05, 3.63) is 53.3 Å². The summed E-state index contributed by atoms with van der Waals surface area (Å²) < 4.78 is 27.7. The van der Waals surface area contributed by atoms with Gasteiger partial charge in [-0.1, -0.05) is 23.7 Å². The molecule has 0 atom stereocenters. The van der Waals surface area contributed by atoms with Gasteiger partial charge in [-0.3, -0.25) is 4.98 Å². The molecule has 1 aliphatic rings. The molecule has 1 aromatic carbocycles. The van der Waals surface area contributed by atoms with Crippen molar-refractivity contribution in [2.24, 2.45) is 0 Å². The average molecular weight is 362 g/mol. The second-order valence-corrected chi connectivity index (χ2v) is 8.37. The zero-order valence-electron chi connectivity index (χ0n) is 13.1. The van der Waals surface area contributed by atoms with Gasteiger partial charge in [0.15, 0.2) is 0 Å². The monoisotopic (exact) mass is 361 g/mol. The van der Waals surface area contributed by atoms with E-state index in [0.29, 0.717) is 24.7 Å². The van der Waals surface area contributed by atoms with E-state index in [1.54, 1.807) is 6.20 Å². The number of sulfonamides is 1. The summed E-state index contributed by atoms with van der Waals surface area (Å²) in [7, 11) is -3.23. The number of fused-ring (bicyclic) bond motifs is 3. The highest BCUT2D eigenvalue weighted by atomic mass is 35.5. The van der Waals surface area contributed by atoms with Gasteiger partial charge in [0, 0.05) is 35.6 Å². The molecule has 0 radical (unpaired) electrons. The molecular formula is C17H16ClN3O2S. The molecule has 2 aromatic heterocycles. The van der Waals surface area contributed by atoms with Crippen molar-refractivity contribution in [3.63, 3.8) is 0 Å². The third-order valence-electron chi connectivity index (χ3n) is 4.43. The third kappa shape index (κ3) is 2.51. The summed E-state index contributed by atoms with van der Waals surface area (Å²) in [6, 6.07) is 11.5. The highest BCUT2D eigenvalue weighted by Gasteiger charge is 2.28. The van der Waals surface area contributed by atoms with Crippen molar-refractivity contribution in [2.75, 3.05) is 12.8 Å². The van der Waals surface area contributed by atoms with E-state index in [-0.39, 0.29) is 0 Å². The first kappa shape index (κ1) is 15.6. The molecule has 0 fully saturated rings. The van der Waals surface area contributed by atoms with E-state index in [1.807, 2.05) is 36.4 Å². The average Bonchev–Trinajstić information content (AvgIpc) is 2.89. The molecular weight excluding hydrogens is 346 g/mol. The van der Waals surface area contributed by atoms with E-state index in [1.165, 1.54) is 10.6 Å². The lowest BCUT2D eigenvalue weighted by atomic mass is 10.0. The zero-order chi connectivity index (χ0) is 16.9. The minimum Gasteiger partial charge on any atom is -0.340 e. The largest absolute Gasteiger partial charge is 0.340 e. The maximum atomic E-state index is 12.0. The van der Waals surface area contributed by atoms with E-state index in [2.05, 4.69) is 9.55 Å². The topological polar surface area (TPSA) is 55.2 Å². The molecule has 0 saturated carbocycles. The van der Waals surface area contributed by atoms with E-state index in [0.717, 1.165) is 27.9 Å². The molecule has 0 saturated heterocycles. The fourth-order valence-electron chi connectivity index (χ4n) is 3.30. The molecule has 7 heteroatoms. The SMILES string of the molecule is CS(=O)(=O)N1CCn2c(c(-c3ccc(Cl)cc3)c3ncccc32)C1. The highest BCUT2D eigenvalue weighted by Crippen LogP contribution is 2.36. The van der Waals surface area contributed by atoms with Gasteiger partial charge in [-0.15, -0.1) is 0 Å². The fraction of sp³-hybridized carbons (Fsp3) is 0.235. The maximum Gasteiger partial charge on any atom is 0.211 e. The summed E-state index contributed by atoms with van der Waals surface area (Å²) in [4.78, 5) is 4.55. The van der Waals surface area contributed by atoms with Crippen molar-refractivity contribution < 1.29 is 8.42 Å². The van der Waals surface area contributed by atoms with E-state index >= 15 is 0 Å². The molecule has 3 heterocycles. The summed E-state index contributed by atoms with van der Waals surface area (Å²) >= 11 is 6.01. The standard InChI is InChI=1S/C17H16ClN3O2S/c1-24(22,23)20-9-10-21-14-3-2-8-19-17(14)16(15(21)11-20)12-4-6-13(18)7-5-12/h2-8H,9-11H2,1H3. The van der Waals surface area contributed by atoms with Gasteiger partial charge in [-0.2, -0.15) is 4.31 Å². The van der Waals surface area contributed by atoms with Crippen molar-refractivity contribution in [2.45, 2.75) is 13.1 Å². The quantitative estimate of drug-likeness (QED) is 0.704. The van der Waals surface area contributed by atoms with Gasteiger partial charge in [0.05, 0.1) is 23.8 Å². The van der Waals surface area contributed by atoms with Crippen LogP contribution in [0.15, 0.2) is 42.6 Å². The second-order valence-electron chi connectivity index (χ2n) is 5.95. The second kappa shape index (κ2) is 5.58. The van der Waals surface area contributed by atoms with Crippen LogP contribution < -0.4 is 0 Å². The summed E-state index contributed by atoms with van der Waals surface area (Å²) in [5, 5.41) is 0.668. The minimum absolute atomic E-state index is 0.354. The molecule has 0 aliphatic carbocycles. The first-order valence-corrected chi connectivity index (χ1v) is 9.85. The summed E-state index contributed by atoms with van der Waals surface area (Å²) in [5.74, 6) is 0. The van der Waals surface area contributed by atoms with Crippen LogP contribution in [0.1, 0.15) is 5.69 Å². The molecule has 124 valence electrons. The van der Waals surface area contributed by atoms with Crippen LogP contribution in [0.25, 0.3) is 22.2 Å². The van der Waals surface area contributed by atoms with E-state index in [9.17, 15) is 8.42 Å². The van der Waals surface area contributed by atoms with Crippen LogP contribution >= 0.6 is 11.6 Å². The van der Waals surface area contributed by atoms with Gasteiger partial charge >= 0.3 is 0 Å². The van der Waals surface area contributed by atoms with Crippen LogP contribution in [0.2, 0.25) is 5.02 Å². The van der Waals surface area contributed by atoms with Crippen molar-refractivity contribution in [1.29, 1.82) is 0 Å². The Kier molecular flexibility index (Phi) is 3.63. The van der Waals surface area contributed by atoms with Gasteiger partial charge in [-0.05, 0) is 29.8 Å². The molecule has 24 heavy (non-hydrogen) atoms. The van der Waals surface area contributed by atoms with Gasteiger partial charge in [0.1, 0.15) is 0 Å².